The standard InChI is InChI=1S/C16H17ClN6O2S/c1-10-19-9-14(23(10)3)15-13(17)8-20-16(22-15)21-11-4-6-12(7-5-11)26(24,25)18-2/h4-9,18H,1-3H3,(H,20,21,22). The molecule has 2 N–H and O–H groups in total. The molecule has 10 heteroatoms. The number of rotatable bonds is 5. The number of nitrogens with one attached hydrogen (secondary N) is 2. The summed E-state index contributed by atoms with van der Waals surface area (Å²) in [5.74, 6) is 1.18. The second kappa shape index (κ2) is 7.02. The molecule has 3 rings (SSSR count). The molecule has 0 aliphatic heterocycles. The summed E-state index contributed by atoms with van der Waals surface area (Å²) in [4.78, 5) is 13.0. The van der Waals surface area contributed by atoms with E-state index in [1.807, 2.05) is 18.5 Å². The Hall–Kier alpha value is -2.49. The molecular weight excluding hydrogens is 376 g/mol. The van der Waals surface area contributed by atoms with E-state index in [2.05, 4.69) is 25.0 Å². The Morgan fingerprint density at radius 3 is 2.38 bits per heavy atom. The molecule has 136 valence electrons. The SMILES string of the molecule is CNS(=O)(=O)c1ccc(Nc2ncc(Cl)c(-c3cnc(C)n3C)n2)cc1. The van der Waals surface area contributed by atoms with E-state index in [-0.39, 0.29) is 4.90 Å². The molecule has 0 fully saturated rings. The topological polar surface area (TPSA) is 102 Å². The van der Waals surface area contributed by atoms with Crippen LogP contribution in [-0.4, -0.2) is 35.0 Å². The molecule has 0 aliphatic carbocycles. The van der Waals surface area contributed by atoms with Crippen LogP contribution in [0, 0.1) is 6.92 Å². The fourth-order valence-corrected chi connectivity index (χ4v) is 3.21. The predicted octanol–water partition coefficient (Wildman–Crippen LogP) is 2.49. The maximum atomic E-state index is 11.8. The number of imidazole rings is 1. The smallest absolute Gasteiger partial charge is 0.240 e. The van der Waals surface area contributed by atoms with E-state index in [1.165, 1.54) is 25.4 Å². The molecule has 0 spiro atoms. The third kappa shape index (κ3) is 3.55. The highest BCUT2D eigenvalue weighted by atomic mass is 35.5. The molecular formula is C16H17ClN6O2S. The van der Waals surface area contributed by atoms with Gasteiger partial charge in [0.05, 0.1) is 28.0 Å². The number of nitrogens with zero attached hydrogens (tertiary/aromatic N) is 4. The zero-order valence-electron chi connectivity index (χ0n) is 14.4. The third-order valence-corrected chi connectivity index (χ3v) is 5.60. The summed E-state index contributed by atoms with van der Waals surface area (Å²) in [6.07, 6.45) is 3.21. The third-order valence-electron chi connectivity index (χ3n) is 3.90. The normalized spacial score (nSPS) is 11.5. The number of sulfonamides is 1. The van der Waals surface area contributed by atoms with Gasteiger partial charge in [-0.05, 0) is 38.2 Å². The van der Waals surface area contributed by atoms with Crippen LogP contribution in [0.25, 0.3) is 11.4 Å². The number of anilines is 2. The van der Waals surface area contributed by atoms with Crippen molar-refractivity contribution in [2.75, 3.05) is 12.4 Å². The minimum absolute atomic E-state index is 0.175. The van der Waals surface area contributed by atoms with Crippen LogP contribution in [0.15, 0.2) is 41.6 Å². The summed E-state index contributed by atoms with van der Waals surface area (Å²) in [5.41, 5.74) is 1.98. The molecule has 0 amide bonds. The highest BCUT2D eigenvalue weighted by Gasteiger charge is 2.14. The number of aromatic nitrogens is 4. The van der Waals surface area contributed by atoms with Gasteiger partial charge in [0.15, 0.2) is 0 Å². The van der Waals surface area contributed by atoms with Crippen molar-refractivity contribution in [1.82, 2.24) is 24.2 Å². The molecule has 26 heavy (non-hydrogen) atoms. The van der Waals surface area contributed by atoms with Gasteiger partial charge in [0.2, 0.25) is 16.0 Å². The first-order chi connectivity index (χ1) is 12.3. The van der Waals surface area contributed by atoms with Crippen LogP contribution in [-0.2, 0) is 17.1 Å². The van der Waals surface area contributed by atoms with Crippen LogP contribution in [0.5, 0.6) is 0 Å². The van der Waals surface area contributed by atoms with Crippen molar-refractivity contribution < 1.29 is 8.42 Å². The van der Waals surface area contributed by atoms with Crippen molar-refractivity contribution in [1.29, 1.82) is 0 Å². The number of halogens is 1. The Bertz CT molecular complexity index is 1050. The van der Waals surface area contributed by atoms with Gasteiger partial charge in [0.1, 0.15) is 11.5 Å². The summed E-state index contributed by atoms with van der Waals surface area (Å²) in [6, 6.07) is 6.26. The number of benzene rings is 1. The van der Waals surface area contributed by atoms with E-state index in [4.69, 9.17) is 11.6 Å². The molecule has 3 aromatic rings. The first kappa shape index (κ1) is 18.3. The van der Waals surface area contributed by atoms with E-state index in [0.717, 1.165) is 11.5 Å². The lowest BCUT2D eigenvalue weighted by molar-refractivity contribution is 0.588. The minimum atomic E-state index is -3.47. The number of hydrogen-bond acceptors (Lipinski definition) is 6. The van der Waals surface area contributed by atoms with Crippen LogP contribution in [0.4, 0.5) is 11.6 Å². The number of aryl methyl sites for hydroxylation is 1. The lowest BCUT2D eigenvalue weighted by atomic mass is 10.3. The Kier molecular flexibility index (Phi) is 4.94. The van der Waals surface area contributed by atoms with Crippen LogP contribution in [0.3, 0.4) is 0 Å². The van der Waals surface area contributed by atoms with Gasteiger partial charge in [-0.2, -0.15) is 0 Å². The second-order valence-corrected chi connectivity index (χ2v) is 7.79. The Labute approximate surface area is 156 Å². The van der Waals surface area contributed by atoms with Gasteiger partial charge in [0, 0.05) is 12.7 Å². The van der Waals surface area contributed by atoms with E-state index in [9.17, 15) is 8.42 Å². The molecule has 0 bridgehead atoms. The molecule has 0 aliphatic rings. The largest absolute Gasteiger partial charge is 0.330 e. The average Bonchev–Trinajstić information content (AvgIpc) is 2.96. The van der Waals surface area contributed by atoms with Crippen molar-refractivity contribution in [3.05, 3.63) is 47.5 Å². The zero-order valence-corrected chi connectivity index (χ0v) is 15.9. The molecule has 0 atom stereocenters. The van der Waals surface area contributed by atoms with Gasteiger partial charge in [-0.15, -0.1) is 0 Å². The molecule has 8 nitrogen and oxygen atoms in total. The van der Waals surface area contributed by atoms with Gasteiger partial charge in [0.25, 0.3) is 0 Å². The summed E-state index contributed by atoms with van der Waals surface area (Å²) < 4.78 is 27.7. The molecule has 2 aromatic heterocycles. The van der Waals surface area contributed by atoms with Crippen molar-refractivity contribution in [3.63, 3.8) is 0 Å². The second-order valence-electron chi connectivity index (χ2n) is 5.50. The van der Waals surface area contributed by atoms with E-state index in [1.54, 1.807) is 18.3 Å². The van der Waals surface area contributed by atoms with Crippen LogP contribution in [0.1, 0.15) is 5.82 Å². The van der Waals surface area contributed by atoms with E-state index >= 15 is 0 Å². The summed E-state index contributed by atoms with van der Waals surface area (Å²) in [6.45, 7) is 1.89. The highest BCUT2D eigenvalue weighted by molar-refractivity contribution is 7.89. The van der Waals surface area contributed by atoms with Crippen molar-refractivity contribution in [2.45, 2.75) is 11.8 Å². The molecule has 0 saturated carbocycles. The van der Waals surface area contributed by atoms with Gasteiger partial charge in [-0.1, -0.05) is 11.6 Å². The van der Waals surface area contributed by atoms with Crippen LogP contribution < -0.4 is 10.0 Å². The summed E-state index contributed by atoms with van der Waals surface area (Å²) >= 11 is 6.23. The molecule has 0 saturated heterocycles. The van der Waals surface area contributed by atoms with Crippen molar-refractivity contribution in [2.24, 2.45) is 7.05 Å². The highest BCUT2D eigenvalue weighted by Crippen LogP contribution is 2.27. The zero-order chi connectivity index (χ0) is 18.9. The van der Waals surface area contributed by atoms with Crippen molar-refractivity contribution in [3.8, 4) is 11.4 Å². The lowest BCUT2D eigenvalue weighted by Crippen LogP contribution is -2.18. The Morgan fingerprint density at radius 2 is 1.81 bits per heavy atom. The molecule has 2 heterocycles. The fraction of sp³-hybridized carbons (Fsp3) is 0.188. The Morgan fingerprint density at radius 1 is 1.12 bits per heavy atom. The van der Waals surface area contributed by atoms with Crippen molar-refractivity contribution >= 4 is 33.3 Å². The molecule has 0 unspecified atom stereocenters. The van der Waals surface area contributed by atoms with Gasteiger partial charge < -0.3 is 9.88 Å². The molecule has 0 radical (unpaired) electrons. The van der Waals surface area contributed by atoms with Gasteiger partial charge in [-0.3, -0.25) is 0 Å². The lowest BCUT2D eigenvalue weighted by Gasteiger charge is -2.09. The summed E-state index contributed by atoms with van der Waals surface area (Å²) in [5, 5.41) is 3.45. The number of hydrogen-bond donors (Lipinski definition) is 2. The minimum Gasteiger partial charge on any atom is -0.330 e. The van der Waals surface area contributed by atoms with Gasteiger partial charge >= 0.3 is 0 Å². The van der Waals surface area contributed by atoms with Crippen LogP contribution >= 0.6 is 11.6 Å². The first-order valence-corrected chi connectivity index (χ1v) is 9.50. The predicted molar refractivity (Wildman–Crippen MR) is 100.0 cm³/mol. The van der Waals surface area contributed by atoms with Crippen LogP contribution in [0.2, 0.25) is 5.02 Å². The summed E-state index contributed by atoms with van der Waals surface area (Å²) in [7, 11) is -0.230. The van der Waals surface area contributed by atoms with Gasteiger partial charge in [-0.25, -0.2) is 28.1 Å². The van der Waals surface area contributed by atoms with E-state index in [0.29, 0.717) is 22.4 Å². The van der Waals surface area contributed by atoms with E-state index < -0.39 is 10.0 Å². The maximum Gasteiger partial charge on any atom is 0.240 e. The Balaban J connectivity index is 1.89. The monoisotopic (exact) mass is 392 g/mol. The fourth-order valence-electron chi connectivity index (χ4n) is 2.29. The average molecular weight is 393 g/mol. The quantitative estimate of drug-likeness (QED) is 0.691. The maximum absolute atomic E-state index is 11.8. The first-order valence-electron chi connectivity index (χ1n) is 7.63. The molecule has 1 aromatic carbocycles.